The summed E-state index contributed by atoms with van der Waals surface area (Å²) in [6, 6.07) is 25.4. The lowest BCUT2D eigenvalue weighted by Crippen LogP contribution is -2.28. The third-order valence-corrected chi connectivity index (χ3v) is 3.90. The molecular formula is C22H21NO2. The van der Waals surface area contributed by atoms with Crippen LogP contribution >= 0.6 is 0 Å². The highest BCUT2D eigenvalue weighted by Gasteiger charge is 2.11. The molecule has 0 bridgehead atoms. The van der Waals surface area contributed by atoms with Gasteiger partial charge in [-0.2, -0.15) is 0 Å². The van der Waals surface area contributed by atoms with Crippen LogP contribution in [0.25, 0.3) is 11.1 Å². The molecule has 0 aliphatic heterocycles. The Bertz CT molecular complexity index is 843. The summed E-state index contributed by atoms with van der Waals surface area (Å²) >= 11 is 0. The fraction of sp³-hybridized carbons (Fsp3) is 0.136. The minimum atomic E-state index is -0.0905. The largest absolute Gasteiger partial charge is 0.492 e. The topological polar surface area (TPSA) is 38.3 Å². The minimum Gasteiger partial charge on any atom is -0.492 e. The average Bonchev–Trinajstić information content (AvgIpc) is 2.66. The zero-order chi connectivity index (χ0) is 17.5. The Hall–Kier alpha value is -3.07. The molecule has 0 unspecified atom stereocenters. The number of benzene rings is 3. The molecule has 3 nitrogen and oxygen atoms in total. The van der Waals surface area contributed by atoms with Crippen molar-refractivity contribution in [3.05, 3.63) is 90.0 Å². The number of carbonyl (C=O) groups is 1. The summed E-state index contributed by atoms with van der Waals surface area (Å²) in [4.78, 5) is 12.5. The molecular weight excluding hydrogens is 310 g/mol. The Kier molecular flexibility index (Phi) is 5.47. The van der Waals surface area contributed by atoms with Crippen LogP contribution in [0.2, 0.25) is 0 Å². The van der Waals surface area contributed by atoms with Crippen molar-refractivity contribution in [2.24, 2.45) is 0 Å². The van der Waals surface area contributed by atoms with Crippen molar-refractivity contribution in [2.75, 3.05) is 13.2 Å². The van der Waals surface area contributed by atoms with Crippen LogP contribution in [0.5, 0.6) is 5.75 Å². The molecule has 0 aromatic heterocycles. The van der Waals surface area contributed by atoms with Crippen molar-refractivity contribution in [3.8, 4) is 16.9 Å². The predicted octanol–water partition coefficient (Wildman–Crippen LogP) is 4.47. The van der Waals surface area contributed by atoms with Crippen LogP contribution in [-0.4, -0.2) is 19.1 Å². The van der Waals surface area contributed by atoms with E-state index in [1.165, 1.54) is 0 Å². The van der Waals surface area contributed by atoms with Gasteiger partial charge in [-0.15, -0.1) is 0 Å². The number of ether oxygens (including phenoxy) is 1. The number of amides is 1. The summed E-state index contributed by atoms with van der Waals surface area (Å²) in [6.45, 7) is 2.91. The van der Waals surface area contributed by atoms with Crippen LogP contribution in [0.1, 0.15) is 15.9 Å². The van der Waals surface area contributed by atoms with E-state index in [1.54, 1.807) is 0 Å². The highest BCUT2D eigenvalue weighted by molar-refractivity contribution is 6.00. The van der Waals surface area contributed by atoms with Crippen LogP contribution in [-0.2, 0) is 0 Å². The lowest BCUT2D eigenvalue weighted by molar-refractivity contribution is 0.0947. The van der Waals surface area contributed by atoms with Crippen molar-refractivity contribution < 1.29 is 9.53 Å². The highest BCUT2D eigenvalue weighted by atomic mass is 16.5. The molecule has 0 saturated heterocycles. The van der Waals surface area contributed by atoms with Gasteiger partial charge in [0.05, 0.1) is 6.54 Å². The van der Waals surface area contributed by atoms with Gasteiger partial charge in [0.2, 0.25) is 0 Å². The van der Waals surface area contributed by atoms with E-state index in [-0.39, 0.29) is 5.91 Å². The van der Waals surface area contributed by atoms with Crippen LogP contribution in [0, 0.1) is 6.92 Å². The molecule has 0 radical (unpaired) electrons. The molecule has 0 aliphatic rings. The molecule has 126 valence electrons. The fourth-order valence-corrected chi connectivity index (χ4v) is 2.68. The third-order valence-electron chi connectivity index (χ3n) is 3.90. The summed E-state index contributed by atoms with van der Waals surface area (Å²) in [6.07, 6.45) is 0. The van der Waals surface area contributed by atoms with Gasteiger partial charge in [-0.3, -0.25) is 4.79 Å². The molecule has 0 atom stereocenters. The fourth-order valence-electron chi connectivity index (χ4n) is 2.68. The van der Waals surface area contributed by atoms with Gasteiger partial charge in [0.1, 0.15) is 12.4 Å². The van der Waals surface area contributed by atoms with E-state index in [9.17, 15) is 4.79 Å². The summed E-state index contributed by atoms with van der Waals surface area (Å²) < 4.78 is 5.67. The lowest BCUT2D eigenvalue weighted by Gasteiger charge is -2.11. The van der Waals surface area contributed by atoms with E-state index in [0.717, 1.165) is 22.4 Å². The molecule has 0 aliphatic carbocycles. The van der Waals surface area contributed by atoms with E-state index in [1.807, 2.05) is 85.8 Å². The molecule has 1 N–H and O–H groups in total. The van der Waals surface area contributed by atoms with Crippen molar-refractivity contribution in [2.45, 2.75) is 6.92 Å². The summed E-state index contributed by atoms with van der Waals surface area (Å²) in [5, 5.41) is 2.93. The maximum absolute atomic E-state index is 12.5. The van der Waals surface area contributed by atoms with Crippen LogP contribution in [0.3, 0.4) is 0 Å². The van der Waals surface area contributed by atoms with Gasteiger partial charge in [-0.05, 0) is 41.8 Å². The minimum absolute atomic E-state index is 0.0905. The molecule has 0 spiro atoms. The first-order valence-corrected chi connectivity index (χ1v) is 8.36. The number of aryl methyl sites for hydroxylation is 1. The molecule has 0 heterocycles. The Labute approximate surface area is 148 Å². The van der Waals surface area contributed by atoms with Crippen LogP contribution in [0.15, 0.2) is 78.9 Å². The standard InChI is InChI=1S/C22H21NO2/c1-17-8-7-11-19(16-17)25-15-14-23-22(24)21-13-6-5-12-20(21)18-9-3-2-4-10-18/h2-13,16H,14-15H2,1H3,(H,23,24). The first-order valence-electron chi connectivity index (χ1n) is 8.36. The molecule has 3 aromatic rings. The average molecular weight is 331 g/mol. The monoisotopic (exact) mass is 331 g/mol. The Morgan fingerprint density at radius 1 is 0.920 bits per heavy atom. The smallest absolute Gasteiger partial charge is 0.252 e. The highest BCUT2D eigenvalue weighted by Crippen LogP contribution is 2.23. The Balaban J connectivity index is 1.60. The summed E-state index contributed by atoms with van der Waals surface area (Å²) in [5.41, 5.74) is 3.78. The summed E-state index contributed by atoms with van der Waals surface area (Å²) in [5.74, 6) is 0.728. The van der Waals surface area contributed by atoms with Gasteiger partial charge in [-0.25, -0.2) is 0 Å². The molecule has 0 fully saturated rings. The normalized spacial score (nSPS) is 10.3. The van der Waals surface area contributed by atoms with Gasteiger partial charge in [0.15, 0.2) is 0 Å². The molecule has 3 heteroatoms. The number of nitrogens with one attached hydrogen (secondary N) is 1. The van der Waals surface area contributed by atoms with E-state index >= 15 is 0 Å². The molecule has 0 saturated carbocycles. The van der Waals surface area contributed by atoms with E-state index in [4.69, 9.17) is 4.74 Å². The SMILES string of the molecule is Cc1cccc(OCCNC(=O)c2ccccc2-c2ccccc2)c1. The van der Waals surface area contributed by atoms with Crippen molar-refractivity contribution in [1.82, 2.24) is 5.32 Å². The van der Waals surface area contributed by atoms with Gasteiger partial charge >= 0.3 is 0 Å². The number of carbonyl (C=O) groups excluding carboxylic acids is 1. The van der Waals surface area contributed by atoms with E-state index < -0.39 is 0 Å². The molecule has 3 aromatic carbocycles. The number of hydrogen-bond donors (Lipinski definition) is 1. The lowest BCUT2D eigenvalue weighted by atomic mass is 9.99. The Morgan fingerprint density at radius 2 is 1.68 bits per heavy atom. The zero-order valence-electron chi connectivity index (χ0n) is 14.2. The molecule has 1 amide bonds. The summed E-state index contributed by atoms with van der Waals surface area (Å²) in [7, 11) is 0. The van der Waals surface area contributed by atoms with Gasteiger partial charge in [0, 0.05) is 5.56 Å². The third kappa shape index (κ3) is 4.48. The van der Waals surface area contributed by atoms with Crippen molar-refractivity contribution >= 4 is 5.91 Å². The van der Waals surface area contributed by atoms with E-state index in [0.29, 0.717) is 18.7 Å². The second-order valence-corrected chi connectivity index (χ2v) is 5.83. The van der Waals surface area contributed by atoms with Gasteiger partial charge in [0.25, 0.3) is 5.91 Å². The Morgan fingerprint density at radius 3 is 2.48 bits per heavy atom. The van der Waals surface area contributed by atoms with Gasteiger partial charge < -0.3 is 10.1 Å². The predicted molar refractivity (Wildman–Crippen MR) is 101 cm³/mol. The van der Waals surface area contributed by atoms with E-state index in [2.05, 4.69) is 5.32 Å². The van der Waals surface area contributed by atoms with Crippen LogP contribution in [0.4, 0.5) is 0 Å². The first kappa shape index (κ1) is 16.8. The zero-order valence-corrected chi connectivity index (χ0v) is 14.2. The van der Waals surface area contributed by atoms with Gasteiger partial charge in [-0.1, -0.05) is 60.7 Å². The second-order valence-electron chi connectivity index (χ2n) is 5.83. The maximum atomic E-state index is 12.5. The number of rotatable bonds is 6. The van der Waals surface area contributed by atoms with Crippen molar-refractivity contribution in [3.63, 3.8) is 0 Å². The first-order chi connectivity index (χ1) is 12.2. The van der Waals surface area contributed by atoms with Crippen LogP contribution < -0.4 is 10.1 Å². The molecule has 25 heavy (non-hydrogen) atoms. The second kappa shape index (κ2) is 8.15. The molecule has 3 rings (SSSR count). The quantitative estimate of drug-likeness (QED) is 0.677. The number of hydrogen-bond acceptors (Lipinski definition) is 2. The maximum Gasteiger partial charge on any atom is 0.252 e. The van der Waals surface area contributed by atoms with Crippen molar-refractivity contribution in [1.29, 1.82) is 0 Å².